The molecule has 224 valence electrons. The highest BCUT2D eigenvalue weighted by atomic mass is 35.5. The van der Waals surface area contributed by atoms with E-state index >= 15 is 0 Å². The molecule has 4 aromatic carbocycles. The maximum atomic E-state index is 11.7. The second-order valence-electron chi connectivity index (χ2n) is 12.1. The van der Waals surface area contributed by atoms with Gasteiger partial charge >= 0.3 is 0 Å². The van der Waals surface area contributed by atoms with E-state index in [1.165, 1.54) is 17.7 Å². The number of anilines is 2. The minimum absolute atomic E-state index is 0.000351. The van der Waals surface area contributed by atoms with Crippen molar-refractivity contribution >= 4 is 51.8 Å². The first-order valence-corrected chi connectivity index (χ1v) is 15.0. The van der Waals surface area contributed by atoms with Gasteiger partial charge in [0, 0.05) is 17.3 Å². The molecule has 1 aromatic heterocycles. The van der Waals surface area contributed by atoms with Crippen molar-refractivity contribution in [2.24, 2.45) is 9.98 Å². The molecule has 0 saturated carbocycles. The lowest BCUT2D eigenvalue weighted by atomic mass is 9.85. The van der Waals surface area contributed by atoms with Crippen LogP contribution in [-0.2, 0) is 5.41 Å². The molecule has 3 heterocycles. The maximum absolute atomic E-state index is 11.7. The van der Waals surface area contributed by atoms with Crippen molar-refractivity contribution in [3.8, 4) is 5.69 Å². The van der Waals surface area contributed by atoms with Crippen LogP contribution in [0.1, 0.15) is 49.2 Å². The zero-order chi connectivity index (χ0) is 31.5. The van der Waals surface area contributed by atoms with Gasteiger partial charge in [0.25, 0.3) is 5.69 Å². The highest BCUT2D eigenvalue weighted by Crippen LogP contribution is 2.48. The highest BCUT2D eigenvalue weighted by Gasteiger charge is 2.41. The zero-order valence-electron chi connectivity index (χ0n) is 25.2. The van der Waals surface area contributed by atoms with Crippen LogP contribution in [0.15, 0.2) is 107 Å². The van der Waals surface area contributed by atoms with Crippen LogP contribution < -0.4 is 10.2 Å². The second kappa shape index (κ2) is 10.7. The molecule has 0 aliphatic carbocycles. The normalized spacial score (nSPS) is 15.4. The van der Waals surface area contributed by atoms with Gasteiger partial charge in [0.05, 0.1) is 33.7 Å². The molecule has 0 unspecified atom stereocenters. The number of hydrogen-bond acceptors (Lipinski definition) is 7. The van der Waals surface area contributed by atoms with Crippen molar-refractivity contribution < 1.29 is 4.92 Å². The lowest BCUT2D eigenvalue weighted by Gasteiger charge is -2.40. The third-order valence-corrected chi connectivity index (χ3v) is 8.46. The van der Waals surface area contributed by atoms with Crippen LogP contribution in [0.3, 0.4) is 0 Å². The standard InChI is InChI=1S/C35H30ClN7O2/c1-21-30-31(22-14-16-23(17-15-22)35(2,3)4)41-28-13-9-8-12-27(28)38-32(37-24-18-19-26(36)29(20-24)43(44)45)34(41)39-33(30)42(40-21)25-10-6-5-7-11-25/h5-20,31H,1-4H3,(H,37,38)/t31-/m1/s1. The number of benzene rings is 4. The van der Waals surface area contributed by atoms with Crippen molar-refractivity contribution in [2.75, 3.05) is 10.2 Å². The first-order valence-electron chi connectivity index (χ1n) is 14.6. The number of aryl methyl sites for hydroxylation is 1. The Balaban J connectivity index is 1.46. The second-order valence-corrected chi connectivity index (χ2v) is 12.6. The van der Waals surface area contributed by atoms with Crippen LogP contribution in [0.4, 0.5) is 28.6 Å². The summed E-state index contributed by atoms with van der Waals surface area (Å²) in [7, 11) is 0. The van der Waals surface area contributed by atoms with Crippen LogP contribution in [0.2, 0.25) is 5.02 Å². The molecular weight excluding hydrogens is 586 g/mol. The number of para-hydroxylation sites is 3. The first-order chi connectivity index (χ1) is 21.6. The molecule has 5 aromatic rings. The molecule has 9 nitrogen and oxygen atoms in total. The summed E-state index contributed by atoms with van der Waals surface area (Å²) in [5, 5.41) is 20.1. The molecule has 7 rings (SSSR count). The summed E-state index contributed by atoms with van der Waals surface area (Å²) in [6, 6.07) is 30.9. The van der Waals surface area contributed by atoms with Gasteiger partial charge in [-0.1, -0.05) is 87.0 Å². The molecular formula is C35H30ClN7O2. The number of amidine groups is 2. The van der Waals surface area contributed by atoms with Crippen molar-refractivity contribution in [1.29, 1.82) is 0 Å². The Hall–Kier alpha value is -5.28. The van der Waals surface area contributed by atoms with Crippen LogP contribution in [-0.4, -0.2) is 26.4 Å². The van der Waals surface area contributed by atoms with Gasteiger partial charge < -0.3 is 10.2 Å². The Labute approximate surface area is 265 Å². The average Bonchev–Trinajstić information content (AvgIpc) is 3.36. The van der Waals surface area contributed by atoms with Crippen molar-refractivity contribution in [3.05, 3.63) is 135 Å². The number of rotatable bonds is 4. The largest absolute Gasteiger partial charge is 0.337 e. The Bertz CT molecular complexity index is 2030. The van der Waals surface area contributed by atoms with Crippen LogP contribution in [0.25, 0.3) is 5.69 Å². The summed E-state index contributed by atoms with van der Waals surface area (Å²) < 4.78 is 1.87. The number of aromatic nitrogens is 2. The van der Waals surface area contributed by atoms with Gasteiger partial charge in [-0.25, -0.2) is 14.7 Å². The fourth-order valence-corrected chi connectivity index (χ4v) is 6.08. The predicted octanol–water partition coefficient (Wildman–Crippen LogP) is 8.84. The van der Waals surface area contributed by atoms with E-state index in [1.54, 1.807) is 6.07 Å². The fourth-order valence-electron chi connectivity index (χ4n) is 5.89. The molecule has 2 aliphatic rings. The molecule has 2 aliphatic heterocycles. The number of hydrogen-bond donors (Lipinski definition) is 1. The van der Waals surface area contributed by atoms with Crippen molar-refractivity contribution in [1.82, 2.24) is 9.78 Å². The summed E-state index contributed by atoms with van der Waals surface area (Å²) in [5.74, 6) is 1.72. The minimum Gasteiger partial charge on any atom is -0.337 e. The summed E-state index contributed by atoms with van der Waals surface area (Å²) in [6.45, 7) is 8.63. The fraction of sp³-hybridized carbons (Fsp3) is 0.171. The number of nitro benzene ring substituents is 1. The van der Waals surface area contributed by atoms with E-state index < -0.39 is 4.92 Å². The quantitative estimate of drug-likeness (QED) is 0.161. The molecule has 0 radical (unpaired) electrons. The summed E-state index contributed by atoms with van der Waals surface area (Å²) >= 11 is 6.13. The monoisotopic (exact) mass is 615 g/mol. The number of fused-ring (bicyclic) bond motifs is 4. The van der Waals surface area contributed by atoms with Gasteiger partial charge in [0.1, 0.15) is 5.02 Å². The predicted molar refractivity (Wildman–Crippen MR) is 180 cm³/mol. The molecule has 0 spiro atoms. The van der Waals surface area contributed by atoms with Gasteiger partial charge in [-0.05, 0) is 59.9 Å². The molecule has 1 N–H and O–H groups in total. The summed E-state index contributed by atoms with van der Waals surface area (Å²) in [4.78, 5) is 23.6. The Kier molecular flexibility index (Phi) is 6.78. The van der Waals surface area contributed by atoms with Gasteiger partial charge in [-0.2, -0.15) is 5.10 Å². The van der Waals surface area contributed by atoms with E-state index in [-0.39, 0.29) is 22.2 Å². The molecule has 0 bridgehead atoms. The molecule has 0 saturated heterocycles. The van der Waals surface area contributed by atoms with E-state index in [2.05, 4.69) is 55.3 Å². The SMILES string of the molecule is Cc1nn(-c2ccccc2)c2c1[C@@H](c1ccc(C(C)(C)C)cc1)N1C(=N2)C(Nc2ccc(Cl)c([N+](=O)[O-])c2)=Nc2ccccc21. The van der Waals surface area contributed by atoms with Gasteiger partial charge in [-0.15, -0.1) is 0 Å². The number of aliphatic imine (C=N–C) groups is 2. The first kappa shape index (κ1) is 28.5. The average molecular weight is 616 g/mol. The zero-order valence-corrected chi connectivity index (χ0v) is 25.9. The maximum Gasteiger partial charge on any atom is 0.289 e. The number of nitrogens with one attached hydrogen (secondary N) is 1. The molecule has 10 heteroatoms. The lowest BCUT2D eigenvalue weighted by molar-refractivity contribution is -0.384. The summed E-state index contributed by atoms with van der Waals surface area (Å²) in [5.41, 5.74) is 6.97. The summed E-state index contributed by atoms with van der Waals surface area (Å²) in [6.07, 6.45) is 0. The van der Waals surface area contributed by atoms with Gasteiger partial charge in [0.15, 0.2) is 17.5 Å². The number of halogens is 1. The van der Waals surface area contributed by atoms with E-state index in [9.17, 15) is 10.1 Å². The third-order valence-electron chi connectivity index (χ3n) is 8.14. The highest BCUT2D eigenvalue weighted by molar-refractivity contribution is 6.51. The van der Waals surface area contributed by atoms with E-state index in [4.69, 9.17) is 26.7 Å². The van der Waals surface area contributed by atoms with E-state index in [0.29, 0.717) is 23.2 Å². The van der Waals surface area contributed by atoms with Crippen LogP contribution in [0, 0.1) is 17.0 Å². The van der Waals surface area contributed by atoms with Crippen molar-refractivity contribution in [2.45, 2.75) is 39.2 Å². The smallest absolute Gasteiger partial charge is 0.289 e. The Morgan fingerprint density at radius 1 is 0.911 bits per heavy atom. The molecule has 0 amide bonds. The van der Waals surface area contributed by atoms with Gasteiger partial charge in [0.2, 0.25) is 0 Å². The third kappa shape index (κ3) is 4.95. The lowest BCUT2D eigenvalue weighted by Crippen LogP contribution is -2.46. The minimum atomic E-state index is -0.499. The molecule has 45 heavy (non-hydrogen) atoms. The number of nitro groups is 1. The van der Waals surface area contributed by atoms with Crippen LogP contribution in [0.5, 0.6) is 0 Å². The molecule has 1 atom stereocenters. The Morgan fingerprint density at radius 3 is 2.33 bits per heavy atom. The molecule has 0 fully saturated rings. The number of nitrogens with zero attached hydrogens (tertiary/aromatic N) is 6. The van der Waals surface area contributed by atoms with E-state index in [1.807, 2.05) is 66.2 Å². The van der Waals surface area contributed by atoms with E-state index in [0.717, 1.165) is 33.9 Å². The topological polar surface area (TPSA) is 101 Å². The Morgan fingerprint density at radius 2 is 1.62 bits per heavy atom. The van der Waals surface area contributed by atoms with Gasteiger partial charge in [-0.3, -0.25) is 10.1 Å². The van der Waals surface area contributed by atoms with Crippen LogP contribution >= 0.6 is 11.6 Å². The van der Waals surface area contributed by atoms with Crippen molar-refractivity contribution in [3.63, 3.8) is 0 Å².